The summed E-state index contributed by atoms with van der Waals surface area (Å²) in [5, 5.41) is 3.83. The van der Waals surface area contributed by atoms with Crippen LogP contribution >= 0.6 is 0 Å². The Balaban J connectivity index is 1.54. The van der Waals surface area contributed by atoms with Crippen molar-refractivity contribution in [2.24, 2.45) is 0 Å². The molecule has 4 rings (SSSR count). The molecule has 3 aromatic rings. The summed E-state index contributed by atoms with van der Waals surface area (Å²) in [5.74, 6) is 1.15. The number of amides is 1. The lowest BCUT2D eigenvalue weighted by Crippen LogP contribution is -2.27. The Labute approximate surface area is 189 Å². The van der Waals surface area contributed by atoms with E-state index in [0.717, 1.165) is 48.4 Å². The molecule has 2 heterocycles. The van der Waals surface area contributed by atoms with Gasteiger partial charge >= 0.3 is 0 Å². The molecule has 6 heteroatoms. The predicted octanol–water partition coefficient (Wildman–Crippen LogP) is 3.92. The number of aromatic nitrogens is 1. The van der Waals surface area contributed by atoms with Gasteiger partial charge in [0.15, 0.2) is 0 Å². The fourth-order valence-electron chi connectivity index (χ4n) is 4.40. The Morgan fingerprint density at radius 3 is 2.84 bits per heavy atom. The van der Waals surface area contributed by atoms with E-state index in [2.05, 4.69) is 35.3 Å². The molecule has 1 amide bonds. The maximum Gasteiger partial charge on any atom is 0.252 e. The number of likely N-dealkylation sites (tertiary alicyclic amines) is 1. The van der Waals surface area contributed by atoms with Crippen molar-refractivity contribution in [1.29, 1.82) is 0 Å². The minimum absolute atomic E-state index is 0.0823. The van der Waals surface area contributed by atoms with E-state index in [9.17, 15) is 4.79 Å². The molecule has 1 aliphatic heterocycles. The van der Waals surface area contributed by atoms with Crippen molar-refractivity contribution < 1.29 is 14.3 Å². The van der Waals surface area contributed by atoms with Crippen LogP contribution in [0.2, 0.25) is 0 Å². The zero-order valence-corrected chi connectivity index (χ0v) is 19.1. The van der Waals surface area contributed by atoms with Gasteiger partial charge in [-0.05, 0) is 43.7 Å². The van der Waals surface area contributed by atoms with Gasteiger partial charge in [-0.25, -0.2) is 0 Å². The van der Waals surface area contributed by atoms with Crippen LogP contribution in [0.5, 0.6) is 5.75 Å². The second-order valence-electron chi connectivity index (χ2n) is 8.40. The molecule has 1 N–H and O–H groups in total. The van der Waals surface area contributed by atoms with Crippen LogP contribution in [0.15, 0.2) is 48.5 Å². The summed E-state index contributed by atoms with van der Waals surface area (Å²) in [6.07, 6.45) is 1.02. The van der Waals surface area contributed by atoms with Crippen molar-refractivity contribution in [3.63, 3.8) is 0 Å². The third kappa shape index (κ3) is 4.92. The summed E-state index contributed by atoms with van der Waals surface area (Å²) in [7, 11) is 3.35. The number of aryl methyl sites for hydroxylation is 1. The average Bonchev–Trinajstić information content (AvgIpc) is 3.28. The van der Waals surface area contributed by atoms with Gasteiger partial charge in [0.1, 0.15) is 5.75 Å². The summed E-state index contributed by atoms with van der Waals surface area (Å²) in [6, 6.07) is 16.2. The number of ether oxygens (including phenoxy) is 2. The largest absolute Gasteiger partial charge is 0.496 e. The van der Waals surface area contributed by atoms with Crippen LogP contribution in [-0.2, 0) is 11.3 Å². The topological polar surface area (TPSA) is 63.7 Å². The number of nitrogens with zero attached hydrogens (tertiary/aromatic N) is 2. The van der Waals surface area contributed by atoms with Gasteiger partial charge < -0.3 is 14.8 Å². The van der Waals surface area contributed by atoms with Gasteiger partial charge in [-0.2, -0.15) is 0 Å². The summed E-state index contributed by atoms with van der Waals surface area (Å²) in [6.45, 7) is 5.79. The van der Waals surface area contributed by atoms with Crippen LogP contribution < -0.4 is 10.1 Å². The molecule has 32 heavy (non-hydrogen) atoms. The Morgan fingerprint density at radius 2 is 2.03 bits per heavy atom. The van der Waals surface area contributed by atoms with Crippen molar-refractivity contribution in [3.05, 3.63) is 70.9 Å². The van der Waals surface area contributed by atoms with Crippen molar-refractivity contribution in [1.82, 2.24) is 15.2 Å². The van der Waals surface area contributed by atoms with E-state index in [0.29, 0.717) is 24.6 Å². The van der Waals surface area contributed by atoms with E-state index in [-0.39, 0.29) is 5.91 Å². The van der Waals surface area contributed by atoms with Crippen molar-refractivity contribution in [2.45, 2.75) is 25.8 Å². The van der Waals surface area contributed by atoms with Crippen molar-refractivity contribution >= 4 is 16.8 Å². The first-order valence-corrected chi connectivity index (χ1v) is 11.1. The Kier molecular flexibility index (Phi) is 7.02. The molecule has 0 saturated carbocycles. The molecule has 2 aromatic carbocycles. The summed E-state index contributed by atoms with van der Waals surface area (Å²) < 4.78 is 10.6. The highest BCUT2D eigenvalue weighted by molar-refractivity contribution is 6.06. The summed E-state index contributed by atoms with van der Waals surface area (Å²) in [4.78, 5) is 20.3. The van der Waals surface area contributed by atoms with Crippen LogP contribution in [0.3, 0.4) is 0 Å². The lowest BCUT2D eigenvalue weighted by atomic mass is 9.99. The number of para-hydroxylation sites is 1. The van der Waals surface area contributed by atoms with E-state index in [1.54, 1.807) is 14.2 Å². The van der Waals surface area contributed by atoms with E-state index in [1.165, 1.54) is 11.1 Å². The van der Waals surface area contributed by atoms with Crippen LogP contribution in [0.1, 0.15) is 39.5 Å². The quantitative estimate of drug-likeness (QED) is 0.546. The highest BCUT2D eigenvalue weighted by Crippen LogP contribution is 2.31. The number of hydrogen-bond acceptors (Lipinski definition) is 5. The van der Waals surface area contributed by atoms with Gasteiger partial charge in [-0.1, -0.05) is 30.3 Å². The van der Waals surface area contributed by atoms with E-state index in [4.69, 9.17) is 14.5 Å². The highest BCUT2D eigenvalue weighted by atomic mass is 16.5. The number of rotatable bonds is 8. The standard InChI is InChI=1S/C26H31N3O3/c1-18-8-9-20(25(14-18)32-3)17-29-12-10-19(16-29)24-15-22(26(30)27-11-13-31-2)21-6-4-5-7-23(21)28-24/h4-9,14-15,19H,10-13,16-17H2,1-3H3,(H,27,30)/t19-/m1/s1. The minimum Gasteiger partial charge on any atom is -0.496 e. The molecule has 0 bridgehead atoms. The summed E-state index contributed by atoms with van der Waals surface area (Å²) >= 11 is 0. The lowest BCUT2D eigenvalue weighted by molar-refractivity contribution is 0.0938. The molecule has 0 aliphatic carbocycles. The first-order valence-electron chi connectivity index (χ1n) is 11.1. The Morgan fingerprint density at radius 1 is 1.19 bits per heavy atom. The summed E-state index contributed by atoms with van der Waals surface area (Å²) in [5.41, 5.74) is 4.92. The molecule has 0 spiro atoms. The number of benzene rings is 2. The maximum atomic E-state index is 12.9. The number of pyridine rings is 1. The molecule has 1 saturated heterocycles. The molecule has 168 valence electrons. The monoisotopic (exact) mass is 433 g/mol. The van der Waals surface area contributed by atoms with E-state index >= 15 is 0 Å². The maximum absolute atomic E-state index is 12.9. The van der Waals surface area contributed by atoms with Crippen LogP contribution in [0.25, 0.3) is 10.9 Å². The molecule has 1 aliphatic rings. The Bertz CT molecular complexity index is 1100. The number of hydrogen-bond donors (Lipinski definition) is 1. The third-order valence-electron chi connectivity index (χ3n) is 6.10. The molecule has 0 radical (unpaired) electrons. The zero-order chi connectivity index (χ0) is 22.5. The van der Waals surface area contributed by atoms with Gasteiger partial charge in [0.2, 0.25) is 0 Å². The number of carbonyl (C=O) groups is 1. The molecular formula is C26H31N3O3. The molecule has 6 nitrogen and oxygen atoms in total. The van der Waals surface area contributed by atoms with Crippen molar-refractivity contribution in [2.75, 3.05) is 40.5 Å². The molecular weight excluding hydrogens is 402 g/mol. The molecule has 1 atom stereocenters. The van der Waals surface area contributed by atoms with E-state index in [1.807, 2.05) is 30.3 Å². The average molecular weight is 434 g/mol. The number of fused-ring (bicyclic) bond motifs is 1. The van der Waals surface area contributed by atoms with Gasteiger partial charge in [0.25, 0.3) is 5.91 Å². The highest BCUT2D eigenvalue weighted by Gasteiger charge is 2.27. The van der Waals surface area contributed by atoms with Crippen LogP contribution in [0.4, 0.5) is 0 Å². The van der Waals surface area contributed by atoms with Gasteiger partial charge in [-0.15, -0.1) is 0 Å². The van der Waals surface area contributed by atoms with Crippen LogP contribution in [-0.4, -0.2) is 56.3 Å². The molecule has 1 fully saturated rings. The lowest BCUT2D eigenvalue weighted by Gasteiger charge is -2.19. The second kappa shape index (κ2) is 10.1. The number of methoxy groups -OCH3 is 2. The normalized spacial score (nSPS) is 16.4. The zero-order valence-electron chi connectivity index (χ0n) is 19.1. The number of carbonyl (C=O) groups excluding carboxylic acids is 1. The van der Waals surface area contributed by atoms with Gasteiger partial charge in [0, 0.05) is 49.3 Å². The second-order valence-corrected chi connectivity index (χ2v) is 8.40. The smallest absolute Gasteiger partial charge is 0.252 e. The van der Waals surface area contributed by atoms with Crippen LogP contribution in [0, 0.1) is 6.92 Å². The molecule has 0 unspecified atom stereocenters. The predicted molar refractivity (Wildman–Crippen MR) is 126 cm³/mol. The SMILES string of the molecule is COCCNC(=O)c1cc([C@@H]2CCN(Cc3ccc(C)cc3OC)C2)nc2ccccc12. The fraction of sp³-hybridized carbons (Fsp3) is 0.385. The Hall–Kier alpha value is -2.96. The van der Waals surface area contributed by atoms with Gasteiger partial charge in [0.05, 0.1) is 24.8 Å². The number of nitrogens with one attached hydrogen (secondary N) is 1. The van der Waals surface area contributed by atoms with E-state index < -0.39 is 0 Å². The van der Waals surface area contributed by atoms with Gasteiger partial charge in [-0.3, -0.25) is 14.7 Å². The first kappa shape index (κ1) is 22.2. The molecule has 1 aromatic heterocycles. The fourth-order valence-corrected chi connectivity index (χ4v) is 4.40. The third-order valence-corrected chi connectivity index (χ3v) is 6.10. The van der Waals surface area contributed by atoms with Crippen molar-refractivity contribution in [3.8, 4) is 5.75 Å². The minimum atomic E-state index is -0.0823. The first-order chi connectivity index (χ1) is 15.6.